The summed E-state index contributed by atoms with van der Waals surface area (Å²) in [7, 11) is 0. The second-order valence-electron chi connectivity index (χ2n) is 9.87. The zero-order chi connectivity index (χ0) is 21.9. The lowest BCUT2D eigenvalue weighted by atomic mass is 9.69. The molecule has 1 aliphatic carbocycles. The van der Waals surface area contributed by atoms with E-state index in [0.717, 1.165) is 72.1 Å². The largest absolute Gasteiger partial charge is 0.342 e. The van der Waals surface area contributed by atoms with E-state index in [9.17, 15) is 9.59 Å². The Morgan fingerprint density at radius 1 is 1.16 bits per heavy atom. The van der Waals surface area contributed by atoms with Crippen LogP contribution in [0.3, 0.4) is 0 Å². The van der Waals surface area contributed by atoms with Crippen molar-refractivity contribution in [2.24, 2.45) is 5.41 Å². The van der Waals surface area contributed by atoms with E-state index < -0.39 is 0 Å². The summed E-state index contributed by atoms with van der Waals surface area (Å²) in [5.41, 5.74) is 3.81. The van der Waals surface area contributed by atoms with Gasteiger partial charge in [-0.3, -0.25) is 14.3 Å². The molecule has 0 unspecified atom stereocenters. The number of carbonyl (C=O) groups is 2. The molecule has 32 heavy (non-hydrogen) atoms. The van der Waals surface area contributed by atoms with Crippen molar-refractivity contribution in [3.05, 3.63) is 59.4 Å². The Labute approximate surface area is 187 Å². The fraction of sp³-hybridized carbons (Fsp3) is 0.423. The first-order valence-electron chi connectivity index (χ1n) is 11.7. The Morgan fingerprint density at radius 3 is 2.72 bits per heavy atom. The predicted molar refractivity (Wildman–Crippen MR) is 124 cm³/mol. The van der Waals surface area contributed by atoms with Crippen LogP contribution in [0, 0.1) is 5.41 Å². The van der Waals surface area contributed by atoms with Crippen LogP contribution in [0.15, 0.2) is 42.6 Å². The molecule has 164 valence electrons. The normalized spacial score (nSPS) is 19.8. The van der Waals surface area contributed by atoms with Crippen LogP contribution in [0.2, 0.25) is 0 Å². The summed E-state index contributed by atoms with van der Waals surface area (Å²) < 4.78 is 2.00. The van der Waals surface area contributed by atoms with Crippen molar-refractivity contribution in [1.82, 2.24) is 14.7 Å². The van der Waals surface area contributed by atoms with Gasteiger partial charge in [0.15, 0.2) is 0 Å². The van der Waals surface area contributed by atoms with E-state index in [1.54, 1.807) is 0 Å². The highest BCUT2D eigenvalue weighted by Gasteiger charge is 2.42. The highest BCUT2D eigenvalue weighted by atomic mass is 16.2. The van der Waals surface area contributed by atoms with Gasteiger partial charge >= 0.3 is 0 Å². The number of piperidine rings is 1. The summed E-state index contributed by atoms with van der Waals surface area (Å²) in [6, 6.07) is 12.1. The molecule has 0 radical (unpaired) electrons. The molecule has 0 spiro atoms. The van der Waals surface area contributed by atoms with Gasteiger partial charge in [-0.05, 0) is 54.8 Å². The van der Waals surface area contributed by atoms with Gasteiger partial charge in [0.2, 0.25) is 5.91 Å². The smallest absolute Gasteiger partial charge is 0.256 e. The lowest BCUT2D eigenvalue weighted by Gasteiger charge is -2.42. The third-order valence-electron chi connectivity index (χ3n) is 7.79. The van der Waals surface area contributed by atoms with Crippen LogP contribution < -0.4 is 5.32 Å². The van der Waals surface area contributed by atoms with Crippen LogP contribution >= 0.6 is 0 Å². The molecular formula is C26H28N4O2. The molecule has 2 amide bonds. The first-order valence-corrected chi connectivity index (χ1v) is 11.7. The number of likely N-dealkylation sites (tertiary alicyclic amines) is 1. The fourth-order valence-corrected chi connectivity index (χ4v) is 5.63. The van der Waals surface area contributed by atoms with Crippen molar-refractivity contribution in [3.63, 3.8) is 0 Å². The number of aromatic nitrogens is 2. The van der Waals surface area contributed by atoms with Crippen molar-refractivity contribution in [2.75, 3.05) is 18.4 Å². The van der Waals surface area contributed by atoms with E-state index in [1.807, 2.05) is 22.9 Å². The Morgan fingerprint density at radius 2 is 1.97 bits per heavy atom. The van der Waals surface area contributed by atoms with Crippen LogP contribution in [0.25, 0.3) is 10.8 Å². The van der Waals surface area contributed by atoms with Gasteiger partial charge in [0.05, 0.1) is 12.2 Å². The number of nitrogens with one attached hydrogen (secondary N) is 1. The maximum Gasteiger partial charge on any atom is 0.256 e. The molecule has 6 rings (SSSR count). The van der Waals surface area contributed by atoms with Gasteiger partial charge in [0.1, 0.15) is 0 Å². The first-order chi connectivity index (χ1) is 15.5. The zero-order valence-corrected chi connectivity index (χ0v) is 18.4. The predicted octanol–water partition coefficient (Wildman–Crippen LogP) is 4.55. The average Bonchev–Trinajstić information content (AvgIpc) is 3.39. The topological polar surface area (TPSA) is 67.2 Å². The Hall–Kier alpha value is -3.15. The summed E-state index contributed by atoms with van der Waals surface area (Å²) in [5, 5.41) is 9.95. The van der Waals surface area contributed by atoms with Gasteiger partial charge < -0.3 is 10.2 Å². The molecule has 1 N–H and O–H groups in total. The number of benzene rings is 2. The number of amides is 2. The van der Waals surface area contributed by atoms with Gasteiger partial charge in [-0.2, -0.15) is 5.10 Å². The van der Waals surface area contributed by atoms with E-state index in [0.29, 0.717) is 18.4 Å². The summed E-state index contributed by atoms with van der Waals surface area (Å²) in [4.78, 5) is 27.1. The highest BCUT2D eigenvalue weighted by molar-refractivity contribution is 6.24. The molecule has 1 saturated carbocycles. The maximum atomic E-state index is 12.8. The number of hydrogen-bond donors (Lipinski definition) is 1. The minimum absolute atomic E-state index is 0.0275. The summed E-state index contributed by atoms with van der Waals surface area (Å²) in [6.07, 6.45) is 7.27. The molecular weight excluding hydrogens is 400 g/mol. The second kappa shape index (κ2) is 7.19. The third-order valence-corrected chi connectivity index (χ3v) is 7.79. The quantitative estimate of drug-likeness (QED) is 0.663. The number of carbonyl (C=O) groups excluding carboxylic acids is 2. The number of anilines is 1. The van der Waals surface area contributed by atoms with Crippen LogP contribution in [0.5, 0.6) is 0 Å². The average molecular weight is 429 g/mol. The van der Waals surface area contributed by atoms with E-state index >= 15 is 0 Å². The molecule has 0 atom stereocenters. The number of rotatable bonds is 4. The SMILES string of the molecule is CC1(C(=O)N2CCC(c3ccn(Cc4ccc5c6c(cccc46)C(=O)N5)n3)CC2)CCC1. The third kappa shape index (κ3) is 3.04. The molecule has 3 aliphatic rings. The van der Waals surface area contributed by atoms with E-state index in [2.05, 4.69) is 41.5 Å². The molecule has 3 aromatic rings. The zero-order valence-electron chi connectivity index (χ0n) is 18.4. The number of hydrogen-bond acceptors (Lipinski definition) is 3. The molecule has 6 nitrogen and oxygen atoms in total. The minimum atomic E-state index is -0.103. The van der Waals surface area contributed by atoms with Gasteiger partial charge in [-0.1, -0.05) is 31.5 Å². The van der Waals surface area contributed by atoms with Crippen LogP contribution in [0.1, 0.15) is 66.6 Å². The second-order valence-corrected chi connectivity index (χ2v) is 9.87. The van der Waals surface area contributed by atoms with Gasteiger partial charge in [0, 0.05) is 47.3 Å². The van der Waals surface area contributed by atoms with Gasteiger partial charge in [-0.15, -0.1) is 0 Å². The molecule has 2 aromatic carbocycles. The van der Waals surface area contributed by atoms with Crippen molar-refractivity contribution in [3.8, 4) is 0 Å². The lowest BCUT2D eigenvalue weighted by Crippen LogP contribution is -2.48. The standard InChI is InChI=1S/C26H28N4O2/c1-26(11-3-12-26)25(32)29-13-8-17(9-14-29)21-10-15-30(28-21)16-18-6-7-22-23-19(18)4-2-5-20(23)24(31)27-22/h2,4-7,10,15,17H,3,8-9,11-14,16H2,1H3,(H,27,31). The monoisotopic (exact) mass is 428 g/mol. The molecule has 1 aromatic heterocycles. The number of nitrogens with zero attached hydrogens (tertiary/aromatic N) is 3. The lowest BCUT2D eigenvalue weighted by molar-refractivity contribution is -0.147. The Bertz CT molecular complexity index is 1230. The Kier molecular flexibility index (Phi) is 4.39. The molecule has 0 bridgehead atoms. The van der Waals surface area contributed by atoms with Crippen LogP contribution in [-0.2, 0) is 11.3 Å². The Balaban J connectivity index is 1.16. The molecule has 6 heteroatoms. The van der Waals surface area contributed by atoms with Crippen LogP contribution in [-0.4, -0.2) is 39.6 Å². The molecule has 2 aliphatic heterocycles. The van der Waals surface area contributed by atoms with Crippen molar-refractivity contribution in [1.29, 1.82) is 0 Å². The highest BCUT2D eigenvalue weighted by Crippen LogP contribution is 2.43. The van der Waals surface area contributed by atoms with E-state index in [4.69, 9.17) is 5.10 Å². The molecule has 2 fully saturated rings. The van der Waals surface area contributed by atoms with E-state index in [1.165, 1.54) is 6.42 Å². The molecule has 3 heterocycles. The summed E-state index contributed by atoms with van der Waals surface area (Å²) in [6.45, 7) is 4.46. The minimum Gasteiger partial charge on any atom is -0.342 e. The van der Waals surface area contributed by atoms with Crippen molar-refractivity contribution >= 4 is 28.3 Å². The first kappa shape index (κ1) is 19.5. The van der Waals surface area contributed by atoms with E-state index in [-0.39, 0.29) is 11.3 Å². The van der Waals surface area contributed by atoms with Gasteiger partial charge in [0.25, 0.3) is 5.91 Å². The summed E-state index contributed by atoms with van der Waals surface area (Å²) >= 11 is 0. The summed E-state index contributed by atoms with van der Waals surface area (Å²) in [5.74, 6) is 0.733. The maximum absolute atomic E-state index is 12.8. The fourth-order valence-electron chi connectivity index (χ4n) is 5.63. The molecule has 1 saturated heterocycles. The van der Waals surface area contributed by atoms with Crippen molar-refractivity contribution in [2.45, 2.75) is 51.5 Å². The van der Waals surface area contributed by atoms with Crippen molar-refractivity contribution < 1.29 is 9.59 Å². The van der Waals surface area contributed by atoms with Crippen LogP contribution in [0.4, 0.5) is 5.69 Å². The van der Waals surface area contributed by atoms with Gasteiger partial charge in [-0.25, -0.2) is 0 Å².